The number of rotatable bonds is 20. The molecule has 0 saturated carbocycles. The molecule has 0 bridgehead atoms. The van der Waals surface area contributed by atoms with E-state index in [9.17, 15) is 9.59 Å². The molecule has 0 rings (SSSR count). The molecule has 0 heterocycles. The summed E-state index contributed by atoms with van der Waals surface area (Å²) in [5.74, 6) is -0.777. The zero-order chi connectivity index (χ0) is 20.9. The molecule has 0 aromatic rings. The Morgan fingerprint density at radius 1 is 0.643 bits per heavy atom. The minimum Gasteiger partial charge on any atom is -0.462 e. The zero-order valence-corrected chi connectivity index (χ0v) is 18.6. The molecule has 0 N–H and O–H groups in total. The molecule has 0 aromatic carbocycles. The van der Waals surface area contributed by atoms with Crippen LogP contribution in [0.4, 0.5) is 0 Å². The summed E-state index contributed by atoms with van der Waals surface area (Å²) in [6.45, 7) is 5.91. The number of carbonyl (C=O) groups is 2. The molecule has 1 atom stereocenters. The SMILES string of the molecule is CCCCCCCCCCCCCCCCOC[C@H](COC(C)=O)OC(C)=O. The van der Waals surface area contributed by atoms with Gasteiger partial charge in [-0.25, -0.2) is 0 Å². The van der Waals surface area contributed by atoms with E-state index in [0.717, 1.165) is 6.42 Å². The van der Waals surface area contributed by atoms with Crippen molar-refractivity contribution < 1.29 is 23.8 Å². The molecule has 28 heavy (non-hydrogen) atoms. The van der Waals surface area contributed by atoms with E-state index < -0.39 is 12.1 Å². The molecular formula is C23H44O5. The van der Waals surface area contributed by atoms with Crippen molar-refractivity contribution in [1.29, 1.82) is 0 Å². The van der Waals surface area contributed by atoms with Gasteiger partial charge in [0.15, 0.2) is 6.10 Å². The van der Waals surface area contributed by atoms with E-state index in [-0.39, 0.29) is 19.2 Å². The van der Waals surface area contributed by atoms with Gasteiger partial charge in [-0.1, -0.05) is 90.4 Å². The van der Waals surface area contributed by atoms with Crippen molar-refractivity contribution in [1.82, 2.24) is 0 Å². The third kappa shape index (κ3) is 21.2. The average molecular weight is 401 g/mol. The maximum atomic E-state index is 11.1. The van der Waals surface area contributed by atoms with Crippen LogP contribution < -0.4 is 0 Å². The fraction of sp³-hybridized carbons (Fsp3) is 0.913. The third-order valence-electron chi connectivity index (χ3n) is 4.75. The highest BCUT2D eigenvalue weighted by Gasteiger charge is 2.14. The quantitative estimate of drug-likeness (QED) is 0.186. The van der Waals surface area contributed by atoms with E-state index >= 15 is 0 Å². The number of hydrogen-bond donors (Lipinski definition) is 0. The summed E-state index contributed by atoms with van der Waals surface area (Å²) < 4.78 is 15.5. The van der Waals surface area contributed by atoms with Crippen LogP contribution in [0.1, 0.15) is 111 Å². The second-order valence-corrected chi connectivity index (χ2v) is 7.71. The van der Waals surface area contributed by atoms with E-state index in [2.05, 4.69) is 6.92 Å². The van der Waals surface area contributed by atoms with Gasteiger partial charge in [-0.2, -0.15) is 0 Å². The van der Waals surface area contributed by atoms with Crippen LogP contribution in [-0.4, -0.2) is 37.9 Å². The molecule has 0 saturated heterocycles. The molecule has 0 unspecified atom stereocenters. The van der Waals surface area contributed by atoms with Crippen LogP contribution in [0.15, 0.2) is 0 Å². The lowest BCUT2D eigenvalue weighted by Gasteiger charge is -2.16. The fourth-order valence-electron chi connectivity index (χ4n) is 3.17. The second-order valence-electron chi connectivity index (χ2n) is 7.71. The summed E-state index contributed by atoms with van der Waals surface area (Å²) in [6.07, 6.45) is 18.1. The normalized spacial score (nSPS) is 12.0. The van der Waals surface area contributed by atoms with Crippen molar-refractivity contribution in [3.8, 4) is 0 Å². The van der Waals surface area contributed by atoms with Crippen LogP contribution in [0.3, 0.4) is 0 Å². The molecule has 5 nitrogen and oxygen atoms in total. The van der Waals surface area contributed by atoms with E-state index in [4.69, 9.17) is 14.2 Å². The van der Waals surface area contributed by atoms with E-state index in [0.29, 0.717) is 6.61 Å². The summed E-state index contributed by atoms with van der Waals surface area (Å²) in [5.41, 5.74) is 0. The van der Waals surface area contributed by atoms with Gasteiger partial charge >= 0.3 is 11.9 Å². The lowest BCUT2D eigenvalue weighted by molar-refractivity contribution is -0.159. The lowest BCUT2D eigenvalue weighted by atomic mass is 10.0. The second kappa shape index (κ2) is 20.6. The summed E-state index contributed by atoms with van der Waals surface area (Å²) in [7, 11) is 0. The maximum absolute atomic E-state index is 11.1. The van der Waals surface area contributed by atoms with Crippen LogP contribution in [0, 0.1) is 0 Å². The molecule has 0 aliphatic carbocycles. The maximum Gasteiger partial charge on any atom is 0.303 e. The Morgan fingerprint density at radius 2 is 1.11 bits per heavy atom. The largest absolute Gasteiger partial charge is 0.462 e. The van der Waals surface area contributed by atoms with E-state index in [1.807, 2.05) is 0 Å². The average Bonchev–Trinajstić information content (AvgIpc) is 2.65. The molecular weight excluding hydrogens is 356 g/mol. The van der Waals surface area contributed by atoms with Crippen LogP contribution in [0.5, 0.6) is 0 Å². The summed E-state index contributed by atoms with van der Waals surface area (Å²) >= 11 is 0. The predicted octanol–water partition coefficient (Wildman–Crippen LogP) is 5.98. The summed E-state index contributed by atoms with van der Waals surface area (Å²) in [4.78, 5) is 21.9. The Hall–Kier alpha value is -1.10. The molecule has 0 aliphatic heterocycles. The standard InChI is InChI=1S/C23H44O5/c1-4-5-6-7-8-9-10-11-12-13-14-15-16-17-18-26-19-23(28-22(3)25)20-27-21(2)24/h23H,4-20H2,1-3H3/t23-/m1/s1. The summed E-state index contributed by atoms with van der Waals surface area (Å²) in [5, 5.41) is 0. The molecule has 0 aromatic heterocycles. The van der Waals surface area contributed by atoms with Crippen LogP contribution in [0.25, 0.3) is 0 Å². The Morgan fingerprint density at radius 3 is 1.54 bits per heavy atom. The van der Waals surface area contributed by atoms with Gasteiger partial charge in [0.1, 0.15) is 6.61 Å². The van der Waals surface area contributed by atoms with Crippen molar-refractivity contribution in [2.24, 2.45) is 0 Å². The third-order valence-corrected chi connectivity index (χ3v) is 4.75. The Bertz CT molecular complexity index is 370. The first-order valence-corrected chi connectivity index (χ1v) is 11.4. The molecule has 166 valence electrons. The Labute approximate surface area is 172 Å². The minimum atomic E-state index is -0.520. The zero-order valence-electron chi connectivity index (χ0n) is 18.6. The van der Waals surface area contributed by atoms with Gasteiger partial charge < -0.3 is 14.2 Å². The number of unbranched alkanes of at least 4 members (excludes halogenated alkanes) is 13. The van der Waals surface area contributed by atoms with Gasteiger partial charge in [-0.05, 0) is 6.42 Å². The molecule has 0 amide bonds. The first kappa shape index (κ1) is 26.9. The Kier molecular flexibility index (Phi) is 19.8. The lowest BCUT2D eigenvalue weighted by Crippen LogP contribution is -2.28. The van der Waals surface area contributed by atoms with Crippen LogP contribution in [0.2, 0.25) is 0 Å². The van der Waals surface area contributed by atoms with Gasteiger partial charge in [0, 0.05) is 20.5 Å². The predicted molar refractivity (Wildman–Crippen MR) is 113 cm³/mol. The van der Waals surface area contributed by atoms with Gasteiger partial charge in [-0.15, -0.1) is 0 Å². The van der Waals surface area contributed by atoms with Gasteiger partial charge in [-0.3, -0.25) is 9.59 Å². The Balaban J connectivity index is 3.37. The first-order chi connectivity index (χ1) is 13.6. The highest BCUT2D eigenvalue weighted by Crippen LogP contribution is 2.13. The number of esters is 2. The van der Waals surface area contributed by atoms with Crippen LogP contribution >= 0.6 is 0 Å². The first-order valence-electron chi connectivity index (χ1n) is 11.4. The van der Waals surface area contributed by atoms with Gasteiger partial charge in [0.25, 0.3) is 0 Å². The van der Waals surface area contributed by atoms with Crippen molar-refractivity contribution in [3.63, 3.8) is 0 Å². The van der Waals surface area contributed by atoms with Gasteiger partial charge in [0.05, 0.1) is 6.61 Å². The van der Waals surface area contributed by atoms with E-state index in [1.54, 1.807) is 0 Å². The minimum absolute atomic E-state index is 0.0493. The van der Waals surface area contributed by atoms with Crippen molar-refractivity contribution in [2.75, 3.05) is 19.8 Å². The highest BCUT2D eigenvalue weighted by atomic mass is 16.6. The molecule has 0 aliphatic rings. The molecule has 0 radical (unpaired) electrons. The molecule has 0 spiro atoms. The van der Waals surface area contributed by atoms with Crippen molar-refractivity contribution in [2.45, 2.75) is 117 Å². The monoisotopic (exact) mass is 400 g/mol. The topological polar surface area (TPSA) is 61.8 Å². The van der Waals surface area contributed by atoms with Crippen LogP contribution in [-0.2, 0) is 23.8 Å². The fourth-order valence-corrected chi connectivity index (χ4v) is 3.17. The molecule has 5 heteroatoms. The number of hydrogen-bond acceptors (Lipinski definition) is 5. The van der Waals surface area contributed by atoms with E-state index in [1.165, 1.54) is 97.3 Å². The smallest absolute Gasteiger partial charge is 0.303 e. The number of carbonyl (C=O) groups excluding carboxylic acids is 2. The number of ether oxygens (including phenoxy) is 3. The summed E-state index contributed by atoms with van der Waals surface area (Å²) in [6, 6.07) is 0. The van der Waals surface area contributed by atoms with Crippen molar-refractivity contribution >= 4 is 11.9 Å². The highest BCUT2D eigenvalue weighted by molar-refractivity contribution is 5.67. The molecule has 0 fully saturated rings. The van der Waals surface area contributed by atoms with Crippen molar-refractivity contribution in [3.05, 3.63) is 0 Å². The van der Waals surface area contributed by atoms with Gasteiger partial charge in [0.2, 0.25) is 0 Å².